The molecule has 28 heavy (non-hydrogen) atoms. The van der Waals surface area contributed by atoms with Gasteiger partial charge in [-0.05, 0) is 49.9 Å². The lowest BCUT2D eigenvalue weighted by Crippen LogP contribution is -2.45. The van der Waals surface area contributed by atoms with Crippen molar-refractivity contribution in [3.05, 3.63) is 53.8 Å². The van der Waals surface area contributed by atoms with Crippen LogP contribution in [0.3, 0.4) is 0 Å². The smallest absolute Gasteiger partial charge is 0.238 e. The first-order valence-corrected chi connectivity index (χ1v) is 8.84. The summed E-state index contributed by atoms with van der Waals surface area (Å²) in [4.78, 5) is 26.1. The molecular formula is C20H22FN3O4. The topological polar surface area (TPSA) is 79.9 Å². The summed E-state index contributed by atoms with van der Waals surface area (Å²) in [7, 11) is 1.68. The quantitative estimate of drug-likeness (QED) is 0.761. The monoisotopic (exact) mass is 387 g/mol. The summed E-state index contributed by atoms with van der Waals surface area (Å²) in [5.41, 5.74) is 1.26. The van der Waals surface area contributed by atoms with Crippen molar-refractivity contribution in [1.82, 2.24) is 10.2 Å². The molecule has 0 fully saturated rings. The van der Waals surface area contributed by atoms with Crippen LogP contribution in [0.15, 0.2) is 42.5 Å². The molecule has 1 heterocycles. The maximum absolute atomic E-state index is 13.2. The fourth-order valence-electron chi connectivity index (χ4n) is 2.72. The van der Waals surface area contributed by atoms with Gasteiger partial charge < -0.3 is 20.1 Å². The molecule has 148 valence electrons. The van der Waals surface area contributed by atoms with Crippen molar-refractivity contribution < 1.29 is 23.5 Å². The van der Waals surface area contributed by atoms with Gasteiger partial charge >= 0.3 is 0 Å². The predicted molar refractivity (Wildman–Crippen MR) is 102 cm³/mol. The Morgan fingerprint density at radius 3 is 2.75 bits per heavy atom. The van der Waals surface area contributed by atoms with Crippen LogP contribution < -0.4 is 20.1 Å². The Morgan fingerprint density at radius 2 is 1.96 bits per heavy atom. The van der Waals surface area contributed by atoms with E-state index in [4.69, 9.17) is 9.47 Å². The van der Waals surface area contributed by atoms with E-state index >= 15 is 0 Å². The van der Waals surface area contributed by atoms with E-state index in [0.717, 1.165) is 5.56 Å². The largest absolute Gasteiger partial charge is 0.454 e. The van der Waals surface area contributed by atoms with Gasteiger partial charge in [0.25, 0.3) is 0 Å². The van der Waals surface area contributed by atoms with Crippen molar-refractivity contribution in [3.63, 3.8) is 0 Å². The Kier molecular flexibility index (Phi) is 6.10. The minimum atomic E-state index is -0.521. The summed E-state index contributed by atoms with van der Waals surface area (Å²) < 4.78 is 23.8. The second-order valence-corrected chi connectivity index (χ2v) is 6.56. The van der Waals surface area contributed by atoms with Gasteiger partial charge in [0.1, 0.15) is 5.82 Å². The summed E-state index contributed by atoms with van der Waals surface area (Å²) in [6.07, 6.45) is 0. The first-order valence-electron chi connectivity index (χ1n) is 8.84. The van der Waals surface area contributed by atoms with Crippen molar-refractivity contribution >= 4 is 17.5 Å². The molecule has 8 heteroatoms. The number of carbonyl (C=O) groups excluding carboxylic acids is 2. The summed E-state index contributed by atoms with van der Waals surface area (Å²) >= 11 is 0. The van der Waals surface area contributed by atoms with Crippen LogP contribution in [0.2, 0.25) is 0 Å². The molecule has 3 rings (SSSR count). The fourth-order valence-corrected chi connectivity index (χ4v) is 2.72. The number of ether oxygens (including phenoxy) is 2. The van der Waals surface area contributed by atoms with Crippen LogP contribution in [0.5, 0.6) is 11.5 Å². The van der Waals surface area contributed by atoms with Crippen LogP contribution in [-0.4, -0.2) is 43.1 Å². The molecule has 7 nitrogen and oxygen atoms in total. The second-order valence-electron chi connectivity index (χ2n) is 6.56. The lowest BCUT2D eigenvalue weighted by molar-refractivity contribution is -0.126. The number of halogens is 1. The minimum absolute atomic E-state index is 0.00484. The van der Waals surface area contributed by atoms with E-state index in [-0.39, 0.29) is 25.2 Å². The Labute approximate surface area is 162 Å². The minimum Gasteiger partial charge on any atom is -0.454 e. The number of anilines is 1. The maximum atomic E-state index is 13.2. The molecule has 1 unspecified atom stereocenters. The SMILES string of the molecule is CC(C(=O)NCc1ccc2c(c1)OCO2)N(C)CC(=O)Nc1cccc(F)c1. The van der Waals surface area contributed by atoms with Crippen LogP contribution in [-0.2, 0) is 16.1 Å². The molecule has 0 saturated carbocycles. The van der Waals surface area contributed by atoms with Crippen molar-refractivity contribution in [2.45, 2.75) is 19.5 Å². The summed E-state index contributed by atoms with van der Waals surface area (Å²) in [5, 5.41) is 5.45. The molecule has 0 spiro atoms. The molecule has 1 aliphatic rings. The molecule has 2 amide bonds. The molecular weight excluding hydrogens is 365 g/mol. The molecule has 0 radical (unpaired) electrons. The number of amides is 2. The van der Waals surface area contributed by atoms with Gasteiger partial charge in [0.05, 0.1) is 12.6 Å². The van der Waals surface area contributed by atoms with Crippen LogP contribution >= 0.6 is 0 Å². The number of hydrogen-bond acceptors (Lipinski definition) is 5. The number of benzene rings is 2. The highest BCUT2D eigenvalue weighted by Gasteiger charge is 2.20. The fraction of sp³-hybridized carbons (Fsp3) is 0.300. The average molecular weight is 387 g/mol. The molecule has 2 aromatic carbocycles. The number of rotatable bonds is 7. The number of nitrogens with zero attached hydrogens (tertiary/aromatic N) is 1. The van der Waals surface area contributed by atoms with Crippen molar-refractivity contribution in [2.75, 3.05) is 25.7 Å². The second kappa shape index (κ2) is 8.71. The lowest BCUT2D eigenvalue weighted by atomic mass is 10.2. The molecule has 2 aromatic rings. The van der Waals surface area contributed by atoms with Crippen molar-refractivity contribution in [3.8, 4) is 11.5 Å². The normalized spacial score (nSPS) is 13.3. The van der Waals surface area contributed by atoms with E-state index in [1.54, 1.807) is 31.0 Å². The molecule has 0 aromatic heterocycles. The van der Waals surface area contributed by atoms with Crippen molar-refractivity contribution in [1.29, 1.82) is 0 Å². The van der Waals surface area contributed by atoms with Crippen LogP contribution in [0.4, 0.5) is 10.1 Å². The number of fused-ring (bicyclic) bond motifs is 1. The first-order chi connectivity index (χ1) is 13.4. The van der Waals surface area contributed by atoms with E-state index in [0.29, 0.717) is 23.7 Å². The summed E-state index contributed by atoms with van der Waals surface area (Å²) in [5.74, 6) is 0.378. The maximum Gasteiger partial charge on any atom is 0.238 e. The molecule has 0 bridgehead atoms. The number of likely N-dealkylation sites (N-methyl/N-ethyl adjacent to an activating group) is 1. The highest BCUT2D eigenvalue weighted by atomic mass is 19.1. The third-order valence-corrected chi connectivity index (χ3v) is 4.45. The molecule has 1 aliphatic heterocycles. The van der Waals surface area contributed by atoms with Crippen LogP contribution in [0.25, 0.3) is 0 Å². The lowest BCUT2D eigenvalue weighted by Gasteiger charge is -2.23. The highest BCUT2D eigenvalue weighted by Crippen LogP contribution is 2.32. The predicted octanol–water partition coefficient (Wildman–Crippen LogP) is 2.13. The number of nitrogens with one attached hydrogen (secondary N) is 2. The van der Waals surface area contributed by atoms with Gasteiger partial charge in [0.15, 0.2) is 11.5 Å². The van der Waals surface area contributed by atoms with E-state index < -0.39 is 11.9 Å². The van der Waals surface area contributed by atoms with Gasteiger partial charge in [-0.3, -0.25) is 14.5 Å². The van der Waals surface area contributed by atoms with E-state index in [9.17, 15) is 14.0 Å². The molecule has 0 saturated heterocycles. The highest BCUT2D eigenvalue weighted by molar-refractivity contribution is 5.92. The van der Waals surface area contributed by atoms with E-state index in [2.05, 4.69) is 10.6 Å². The van der Waals surface area contributed by atoms with Gasteiger partial charge in [-0.15, -0.1) is 0 Å². The first kappa shape index (κ1) is 19.6. The van der Waals surface area contributed by atoms with E-state index in [1.165, 1.54) is 18.2 Å². The number of carbonyl (C=O) groups is 2. The van der Waals surface area contributed by atoms with Crippen LogP contribution in [0.1, 0.15) is 12.5 Å². The Hall–Kier alpha value is -3.13. The van der Waals surface area contributed by atoms with E-state index in [1.807, 2.05) is 12.1 Å². The van der Waals surface area contributed by atoms with Crippen LogP contribution in [0, 0.1) is 5.82 Å². The van der Waals surface area contributed by atoms with Gasteiger partial charge in [-0.25, -0.2) is 4.39 Å². The summed E-state index contributed by atoms with van der Waals surface area (Å²) in [6, 6.07) is 10.6. The average Bonchev–Trinajstić information content (AvgIpc) is 3.13. The Morgan fingerprint density at radius 1 is 1.18 bits per heavy atom. The molecule has 1 atom stereocenters. The van der Waals surface area contributed by atoms with Gasteiger partial charge in [0, 0.05) is 12.2 Å². The van der Waals surface area contributed by atoms with Gasteiger partial charge in [-0.1, -0.05) is 12.1 Å². The standard InChI is InChI=1S/C20H22FN3O4/c1-13(24(2)11-19(25)23-16-5-3-4-15(21)9-16)20(26)22-10-14-6-7-17-18(8-14)28-12-27-17/h3-9,13H,10-12H2,1-2H3,(H,22,26)(H,23,25). The zero-order chi connectivity index (χ0) is 20.1. The summed E-state index contributed by atoms with van der Waals surface area (Å²) in [6.45, 7) is 2.24. The Bertz CT molecular complexity index is 874. The molecule has 0 aliphatic carbocycles. The molecule has 2 N–H and O–H groups in total. The zero-order valence-corrected chi connectivity index (χ0v) is 15.7. The van der Waals surface area contributed by atoms with Crippen molar-refractivity contribution in [2.24, 2.45) is 0 Å². The third kappa shape index (κ3) is 4.98. The Balaban J connectivity index is 1.47. The number of hydrogen-bond donors (Lipinski definition) is 2. The van der Waals surface area contributed by atoms with Gasteiger partial charge in [0.2, 0.25) is 18.6 Å². The van der Waals surface area contributed by atoms with Gasteiger partial charge in [-0.2, -0.15) is 0 Å². The third-order valence-electron chi connectivity index (χ3n) is 4.45. The zero-order valence-electron chi connectivity index (χ0n) is 15.7.